The largest absolute Gasteiger partial charge is 0.322 e. The first-order valence-electron chi connectivity index (χ1n) is 5.56. The van der Waals surface area contributed by atoms with Crippen LogP contribution in [-0.4, -0.2) is 4.98 Å². The van der Waals surface area contributed by atoms with E-state index in [0.29, 0.717) is 5.92 Å². The van der Waals surface area contributed by atoms with E-state index < -0.39 is 0 Å². The fourth-order valence-electron chi connectivity index (χ4n) is 1.99. The normalized spacial score (nSPS) is 17.6. The average molecular weight is 277 g/mol. The summed E-state index contributed by atoms with van der Waals surface area (Å²) in [6.45, 7) is 0. The Balaban J connectivity index is 2.05. The Hall–Kier alpha value is -0.930. The number of fused-ring (bicyclic) bond motifs is 1. The lowest BCUT2D eigenvalue weighted by Crippen LogP contribution is -2.13. The zero-order chi connectivity index (χ0) is 11.1. The van der Waals surface area contributed by atoms with Gasteiger partial charge in [0.05, 0.1) is 11.2 Å². The number of pyridine rings is 1. The van der Waals surface area contributed by atoms with E-state index in [1.807, 2.05) is 12.1 Å². The van der Waals surface area contributed by atoms with E-state index in [4.69, 9.17) is 5.73 Å². The predicted molar refractivity (Wildman–Crippen MR) is 69.1 cm³/mol. The smallest absolute Gasteiger partial charge is 0.0706 e. The highest BCUT2D eigenvalue weighted by Gasteiger charge is 2.30. The number of aromatic nitrogens is 1. The van der Waals surface area contributed by atoms with Crippen LogP contribution in [0.25, 0.3) is 10.9 Å². The zero-order valence-corrected chi connectivity index (χ0v) is 10.4. The molecule has 82 valence electrons. The van der Waals surface area contributed by atoms with E-state index >= 15 is 0 Å². The first-order chi connectivity index (χ1) is 7.74. The van der Waals surface area contributed by atoms with Crippen molar-refractivity contribution in [3.8, 4) is 0 Å². The van der Waals surface area contributed by atoms with Crippen LogP contribution in [0.5, 0.6) is 0 Å². The van der Waals surface area contributed by atoms with Gasteiger partial charge in [0.15, 0.2) is 0 Å². The van der Waals surface area contributed by atoms with Gasteiger partial charge in [0, 0.05) is 15.9 Å². The molecule has 0 bridgehead atoms. The monoisotopic (exact) mass is 276 g/mol. The van der Waals surface area contributed by atoms with Crippen LogP contribution in [0.2, 0.25) is 0 Å². The molecule has 0 aliphatic heterocycles. The van der Waals surface area contributed by atoms with Crippen LogP contribution < -0.4 is 5.73 Å². The van der Waals surface area contributed by atoms with Crippen molar-refractivity contribution < 1.29 is 0 Å². The van der Waals surface area contributed by atoms with Gasteiger partial charge in [0.2, 0.25) is 0 Å². The van der Waals surface area contributed by atoms with Crippen LogP contribution in [0.3, 0.4) is 0 Å². The van der Waals surface area contributed by atoms with Gasteiger partial charge in [0.25, 0.3) is 0 Å². The first-order valence-corrected chi connectivity index (χ1v) is 6.35. The van der Waals surface area contributed by atoms with Crippen molar-refractivity contribution in [3.63, 3.8) is 0 Å². The number of nitrogens with two attached hydrogens (primary N) is 1. The van der Waals surface area contributed by atoms with Gasteiger partial charge in [-0.05, 0) is 43.0 Å². The maximum Gasteiger partial charge on any atom is 0.0706 e. The van der Waals surface area contributed by atoms with Crippen molar-refractivity contribution in [3.05, 3.63) is 40.5 Å². The van der Waals surface area contributed by atoms with E-state index in [0.717, 1.165) is 21.1 Å². The Kier molecular flexibility index (Phi) is 2.45. The number of benzene rings is 1. The van der Waals surface area contributed by atoms with Crippen molar-refractivity contribution in [1.82, 2.24) is 4.98 Å². The molecule has 1 heterocycles. The number of halogens is 1. The van der Waals surface area contributed by atoms with Gasteiger partial charge in [0.1, 0.15) is 0 Å². The van der Waals surface area contributed by atoms with Gasteiger partial charge in [-0.25, -0.2) is 0 Å². The highest BCUT2D eigenvalue weighted by molar-refractivity contribution is 9.10. The van der Waals surface area contributed by atoms with Crippen molar-refractivity contribution in [2.24, 2.45) is 11.7 Å². The van der Waals surface area contributed by atoms with Gasteiger partial charge >= 0.3 is 0 Å². The molecule has 0 radical (unpaired) electrons. The Morgan fingerprint density at radius 3 is 2.81 bits per heavy atom. The predicted octanol–water partition coefficient (Wildman–Crippen LogP) is 3.41. The second kappa shape index (κ2) is 3.82. The SMILES string of the molecule is N[C@@H](c1ccc2cc(Br)ccc2n1)C1CC1. The van der Waals surface area contributed by atoms with E-state index in [-0.39, 0.29) is 6.04 Å². The van der Waals surface area contributed by atoms with E-state index in [1.54, 1.807) is 0 Å². The molecule has 0 unspecified atom stereocenters. The quantitative estimate of drug-likeness (QED) is 0.913. The molecule has 3 heteroatoms. The summed E-state index contributed by atoms with van der Waals surface area (Å²) in [5.41, 5.74) is 8.20. The molecule has 1 aromatic carbocycles. The molecular weight excluding hydrogens is 264 g/mol. The van der Waals surface area contributed by atoms with E-state index in [1.165, 1.54) is 12.8 Å². The number of rotatable bonds is 2. The summed E-state index contributed by atoms with van der Waals surface area (Å²) in [6, 6.07) is 10.4. The minimum absolute atomic E-state index is 0.119. The van der Waals surface area contributed by atoms with Gasteiger partial charge < -0.3 is 5.73 Å². The maximum absolute atomic E-state index is 6.15. The molecule has 0 spiro atoms. The Labute approximate surface area is 103 Å². The second-order valence-electron chi connectivity index (χ2n) is 4.44. The average Bonchev–Trinajstić information content (AvgIpc) is 3.11. The summed E-state index contributed by atoms with van der Waals surface area (Å²) < 4.78 is 1.08. The standard InChI is InChI=1S/C13H13BrN2/c14-10-4-6-11-9(7-10)3-5-12(16-11)13(15)8-1-2-8/h3-8,13H,1-2,15H2/t13-/m1/s1. The summed E-state index contributed by atoms with van der Waals surface area (Å²) in [7, 11) is 0. The highest BCUT2D eigenvalue weighted by atomic mass is 79.9. The first kappa shape index (κ1) is 10.2. The Bertz CT molecular complexity index is 534. The Morgan fingerprint density at radius 1 is 1.25 bits per heavy atom. The lowest BCUT2D eigenvalue weighted by molar-refractivity contribution is 0.617. The minimum atomic E-state index is 0.119. The van der Waals surface area contributed by atoms with E-state index in [2.05, 4.69) is 39.1 Å². The van der Waals surface area contributed by atoms with Gasteiger partial charge in [-0.2, -0.15) is 0 Å². The minimum Gasteiger partial charge on any atom is -0.322 e. The maximum atomic E-state index is 6.15. The van der Waals surface area contributed by atoms with Crippen LogP contribution in [-0.2, 0) is 0 Å². The summed E-state index contributed by atoms with van der Waals surface area (Å²) in [5.74, 6) is 0.653. The molecular formula is C13H13BrN2. The van der Waals surface area contributed by atoms with Gasteiger partial charge in [-0.3, -0.25) is 4.98 Å². The molecule has 1 fully saturated rings. The molecule has 1 aliphatic carbocycles. The van der Waals surface area contributed by atoms with Crippen molar-refractivity contribution >= 4 is 26.8 Å². The highest BCUT2D eigenvalue weighted by Crippen LogP contribution is 2.39. The molecule has 1 saturated carbocycles. The fraction of sp³-hybridized carbons (Fsp3) is 0.308. The van der Waals surface area contributed by atoms with Crippen LogP contribution in [0, 0.1) is 5.92 Å². The zero-order valence-electron chi connectivity index (χ0n) is 8.86. The van der Waals surface area contributed by atoms with Crippen LogP contribution >= 0.6 is 15.9 Å². The lowest BCUT2D eigenvalue weighted by Gasteiger charge is -2.10. The third-order valence-electron chi connectivity index (χ3n) is 3.14. The topological polar surface area (TPSA) is 38.9 Å². The van der Waals surface area contributed by atoms with Gasteiger partial charge in [-0.1, -0.05) is 22.0 Å². The van der Waals surface area contributed by atoms with Crippen molar-refractivity contribution in [2.75, 3.05) is 0 Å². The van der Waals surface area contributed by atoms with Crippen LogP contribution in [0.1, 0.15) is 24.6 Å². The molecule has 2 aromatic rings. The number of hydrogen-bond donors (Lipinski definition) is 1. The lowest BCUT2D eigenvalue weighted by atomic mass is 10.1. The van der Waals surface area contributed by atoms with Crippen molar-refractivity contribution in [1.29, 1.82) is 0 Å². The molecule has 1 aromatic heterocycles. The third kappa shape index (κ3) is 1.85. The summed E-state index contributed by atoms with van der Waals surface area (Å²) in [5, 5.41) is 1.15. The number of hydrogen-bond acceptors (Lipinski definition) is 2. The Morgan fingerprint density at radius 2 is 2.06 bits per heavy atom. The molecule has 0 saturated heterocycles. The van der Waals surface area contributed by atoms with Gasteiger partial charge in [-0.15, -0.1) is 0 Å². The molecule has 2 N–H and O–H groups in total. The molecule has 3 rings (SSSR count). The molecule has 16 heavy (non-hydrogen) atoms. The number of nitrogens with zero attached hydrogens (tertiary/aromatic N) is 1. The molecule has 1 atom stereocenters. The van der Waals surface area contributed by atoms with Crippen LogP contribution in [0.4, 0.5) is 0 Å². The molecule has 0 amide bonds. The van der Waals surface area contributed by atoms with Crippen LogP contribution in [0.15, 0.2) is 34.8 Å². The summed E-state index contributed by atoms with van der Waals surface area (Å²) in [4.78, 5) is 4.63. The molecule has 1 aliphatic rings. The second-order valence-corrected chi connectivity index (χ2v) is 5.35. The summed E-state index contributed by atoms with van der Waals surface area (Å²) in [6.07, 6.45) is 2.50. The molecule has 2 nitrogen and oxygen atoms in total. The fourth-order valence-corrected chi connectivity index (χ4v) is 2.37. The summed E-state index contributed by atoms with van der Waals surface area (Å²) >= 11 is 3.46. The third-order valence-corrected chi connectivity index (χ3v) is 3.64. The van der Waals surface area contributed by atoms with Crippen molar-refractivity contribution in [2.45, 2.75) is 18.9 Å². The van der Waals surface area contributed by atoms with E-state index in [9.17, 15) is 0 Å².